The van der Waals surface area contributed by atoms with Crippen LogP contribution in [0.3, 0.4) is 0 Å². The molecular weight excluding hydrogens is 358 g/mol. The summed E-state index contributed by atoms with van der Waals surface area (Å²) in [5, 5.41) is 10.8. The van der Waals surface area contributed by atoms with E-state index in [1.807, 2.05) is 6.07 Å². The number of benzene rings is 3. The Morgan fingerprint density at radius 2 is 1.54 bits per heavy atom. The molecule has 3 aromatic rings. The van der Waals surface area contributed by atoms with Crippen molar-refractivity contribution in [2.75, 3.05) is 0 Å². The second kappa shape index (κ2) is 8.55. The maximum absolute atomic E-state index is 12.1. The molecule has 3 aromatic carbocycles. The Morgan fingerprint density at radius 3 is 2.21 bits per heavy atom. The van der Waals surface area contributed by atoms with Crippen LogP contribution in [0.2, 0.25) is 0 Å². The summed E-state index contributed by atoms with van der Waals surface area (Å²) in [6, 6.07) is 20.8. The summed E-state index contributed by atoms with van der Waals surface area (Å²) in [6.07, 6.45) is 3.14. The molecule has 0 bridgehead atoms. The Labute approximate surface area is 160 Å². The highest BCUT2D eigenvalue weighted by Crippen LogP contribution is 2.18. The van der Waals surface area contributed by atoms with Gasteiger partial charge in [0.1, 0.15) is 5.75 Å². The second-order valence-corrected chi connectivity index (χ2v) is 5.83. The van der Waals surface area contributed by atoms with Gasteiger partial charge < -0.3 is 4.74 Å². The number of non-ortho nitro benzene ring substituents is 1. The van der Waals surface area contributed by atoms with Crippen LogP contribution in [0.1, 0.15) is 26.3 Å². The Morgan fingerprint density at radius 1 is 0.857 bits per heavy atom. The van der Waals surface area contributed by atoms with Crippen LogP contribution in [0.25, 0.3) is 6.08 Å². The summed E-state index contributed by atoms with van der Waals surface area (Å²) >= 11 is 0. The minimum absolute atomic E-state index is 0.0895. The summed E-state index contributed by atoms with van der Waals surface area (Å²) < 4.78 is 5.23. The van der Waals surface area contributed by atoms with E-state index in [1.165, 1.54) is 24.3 Å². The molecule has 0 aliphatic rings. The Hall–Kier alpha value is -4.06. The molecule has 0 radical (unpaired) electrons. The first-order valence-corrected chi connectivity index (χ1v) is 8.37. The van der Waals surface area contributed by atoms with Crippen LogP contribution in [-0.4, -0.2) is 16.7 Å². The monoisotopic (exact) mass is 373 g/mol. The fourth-order valence-corrected chi connectivity index (χ4v) is 2.43. The van der Waals surface area contributed by atoms with Crippen LogP contribution in [0, 0.1) is 10.1 Å². The molecule has 0 unspecified atom stereocenters. The molecule has 0 aromatic heterocycles. The van der Waals surface area contributed by atoms with Gasteiger partial charge in [0.25, 0.3) is 5.69 Å². The van der Waals surface area contributed by atoms with Gasteiger partial charge in [0.05, 0.1) is 10.5 Å². The minimum atomic E-state index is -0.689. The predicted octanol–water partition coefficient (Wildman–Crippen LogP) is 4.71. The average Bonchev–Trinajstić information content (AvgIpc) is 2.73. The zero-order valence-corrected chi connectivity index (χ0v) is 14.6. The highest BCUT2D eigenvalue weighted by molar-refractivity contribution is 6.06. The van der Waals surface area contributed by atoms with Crippen LogP contribution >= 0.6 is 0 Å². The van der Waals surface area contributed by atoms with Gasteiger partial charge in [-0.25, -0.2) is 4.79 Å². The van der Waals surface area contributed by atoms with E-state index < -0.39 is 10.9 Å². The SMILES string of the molecule is O=C(C=Cc1ccc(OC(=O)c2cccc([N+](=O)[O-])c2)cc1)c1ccccc1. The van der Waals surface area contributed by atoms with E-state index in [-0.39, 0.29) is 17.0 Å². The van der Waals surface area contributed by atoms with E-state index in [0.29, 0.717) is 11.3 Å². The van der Waals surface area contributed by atoms with Crippen molar-refractivity contribution < 1.29 is 19.2 Å². The number of nitro groups is 1. The molecule has 0 N–H and O–H groups in total. The lowest BCUT2D eigenvalue weighted by Crippen LogP contribution is -2.08. The average molecular weight is 373 g/mol. The molecule has 0 spiro atoms. The first-order valence-electron chi connectivity index (χ1n) is 8.37. The van der Waals surface area contributed by atoms with Crippen molar-refractivity contribution in [3.8, 4) is 5.75 Å². The molecular formula is C22H15NO5. The lowest BCUT2D eigenvalue weighted by atomic mass is 10.1. The molecule has 3 rings (SSSR count). The highest BCUT2D eigenvalue weighted by Gasteiger charge is 2.13. The van der Waals surface area contributed by atoms with E-state index >= 15 is 0 Å². The molecule has 0 saturated carbocycles. The lowest BCUT2D eigenvalue weighted by Gasteiger charge is -2.04. The van der Waals surface area contributed by atoms with Crippen molar-refractivity contribution >= 4 is 23.5 Å². The van der Waals surface area contributed by atoms with Gasteiger partial charge in [-0.15, -0.1) is 0 Å². The van der Waals surface area contributed by atoms with Gasteiger partial charge in [-0.05, 0) is 29.8 Å². The summed E-state index contributed by atoms with van der Waals surface area (Å²) in [5.74, 6) is -0.504. The molecule has 0 aliphatic carbocycles. The summed E-state index contributed by atoms with van der Waals surface area (Å²) in [6.45, 7) is 0. The molecule has 28 heavy (non-hydrogen) atoms. The van der Waals surface area contributed by atoms with Crippen LogP contribution in [0.15, 0.2) is 84.9 Å². The van der Waals surface area contributed by atoms with Gasteiger partial charge in [0, 0.05) is 17.7 Å². The maximum Gasteiger partial charge on any atom is 0.343 e. The summed E-state index contributed by atoms with van der Waals surface area (Å²) in [7, 11) is 0. The van der Waals surface area contributed by atoms with Gasteiger partial charge in [-0.2, -0.15) is 0 Å². The van der Waals surface area contributed by atoms with Crippen LogP contribution in [0.4, 0.5) is 5.69 Å². The number of allylic oxidation sites excluding steroid dienone is 1. The first kappa shape index (κ1) is 18.7. The van der Waals surface area contributed by atoms with Crippen LogP contribution in [0.5, 0.6) is 5.75 Å². The van der Waals surface area contributed by atoms with E-state index in [2.05, 4.69) is 0 Å². The third-order valence-electron chi connectivity index (χ3n) is 3.87. The van der Waals surface area contributed by atoms with E-state index in [4.69, 9.17) is 4.74 Å². The summed E-state index contributed by atoms with van der Waals surface area (Å²) in [4.78, 5) is 34.4. The van der Waals surface area contributed by atoms with Crippen LogP contribution in [-0.2, 0) is 0 Å². The van der Waals surface area contributed by atoms with Crippen molar-refractivity contribution in [1.29, 1.82) is 0 Å². The molecule has 6 nitrogen and oxygen atoms in total. The number of nitrogens with zero attached hydrogens (tertiary/aromatic N) is 1. The van der Waals surface area contributed by atoms with E-state index in [1.54, 1.807) is 54.6 Å². The van der Waals surface area contributed by atoms with Crippen molar-refractivity contribution in [2.45, 2.75) is 0 Å². The van der Waals surface area contributed by atoms with E-state index in [9.17, 15) is 19.7 Å². The topological polar surface area (TPSA) is 86.5 Å². The summed E-state index contributed by atoms with van der Waals surface area (Å²) in [5.41, 5.74) is 1.27. The smallest absolute Gasteiger partial charge is 0.343 e. The third kappa shape index (κ3) is 4.76. The molecule has 0 heterocycles. The molecule has 6 heteroatoms. The first-order chi connectivity index (χ1) is 13.5. The Balaban J connectivity index is 1.65. The van der Waals surface area contributed by atoms with E-state index in [0.717, 1.165) is 11.6 Å². The number of carbonyl (C=O) groups excluding carboxylic acids is 2. The van der Waals surface area contributed by atoms with Gasteiger partial charge in [0.15, 0.2) is 5.78 Å². The molecule has 0 fully saturated rings. The molecule has 0 aliphatic heterocycles. The van der Waals surface area contributed by atoms with Crippen molar-refractivity contribution in [3.05, 3.63) is 112 Å². The number of esters is 1. The minimum Gasteiger partial charge on any atom is -0.423 e. The number of hydrogen-bond acceptors (Lipinski definition) is 5. The molecule has 0 saturated heterocycles. The maximum atomic E-state index is 12.1. The van der Waals surface area contributed by atoms with Gasteiger partial charge in [-0.1, -0.05) is 54.6 Å². The zero-order valence-electron chi connectivity index (χ0n) is 14.6. The number of ketones is 1. The molecule has 0 atom stereocenters. The second-order valence-electron chi connectivity index (χ2n) is 5.83. The number of rotatable bonds is 6. The normalized spacial score (nSPS) is 10.6. The Kier molecular flexibility index (Phi) is 5.72. The number of ether oxygens (including phenoxy) is 1. The Bertz CT molecular complexity index is 1040. The molecule has 138 valence electrons. The highest BCUT2D eigenvalue weighted by atomic mass is 16.6. The third-order valence-corrected chi connectivity index (χ3v) is 3.87. The number of carbonyl (C=O) groups is 2. The van der Waals surface area contributed by atoms with Crippen molar-refractivity contribution in [1.82, 2.24) is 0 Å². The fraction of sp³-hybridized carbons (Fsp3) is 0. The van der Waals surface area contributed by atoms with Crippen molar-refractivity contribution in [2.24, 2.45) is 0 Å². The van der Waals surface area contributed by atoms with Gasteiger partial charge in [0.2, 0.25) is 0 Å². The fourth-order valence-electron chi connectivity index (χ4n) is 2.43. The molecule has 0 amide bonds. The number of nitro benzene ring substituents is 1. The van der Waals surface area contributed by atoms with Crippen LogP contribution < -0.4 is 4.74 Å². The van der Waals surface area contributed by atoms with Gasteiger partial charge >= 0.3 is 5.97 Å². The van der Waals surface area contributed by atoms with Crippen molar-refractivity contribution in [3.63, 3.8) is 0 Å². The zero-order chi connectivity index (χ0) is 19.9. The largest absolute Gasteiger partial charge is 0.423 e. The predicted molar refractivity (Wildman–Crippen MR) is 104 cm³/mol. The number of hydrogen-bond donors (Lipinski definition) is 0. The standard InChI is InChI=1S/C22H15NO5/c24-21(17-5-2-1-3-6-17)14-11-16-9-12-20(13-10-16)28-22(25)18-7-4-8-19(15-18)23(26)27/h1-15H. The lowest BCUT2D eigenvalue weighted by molar-refractivity contribution is -0.384. The quantitative estimate of drug-likeness (QED) is 0.156. The van der Waals surface area contributed by atoms with Gasteiger partial charge in [-0.3, -0.25) is 14.9 Å².